The van der Waals surface area contributed by atoms with Crippen LogP contribution in [0.1, 0.15) is 43.9 Å². The summed E-state index contributed by atoms with van der Waals surface area (Å²) >= 11 is 0. The highest BCUT2D eigenvalue weighted by atomic mass is 16.4. The van der Waals surface area contributed by atoms with E-state index in [2.05, 4.69) is 25.2 Å². The number of carbonyl (C=O) groups excluding carboxylic acids is 1. The van der Waals surface area contributed by atoms with E-state index < -0.39 is 5.97 Å². The van der Waals surface area contributed by atoms with Crippen LogP contribution in [0.2, 0.25) is 0 Å². The number of carboxylic acids is 1. The van der Waals surface area contributed by atoms with Crippen molar-refractivity contribution in [2.24, 2.45) is 0 Å². The highest BCUT2D eigenvalue weighted by Gasteiger charge is 2.37. The number of aliphatic carboxylic acids is 1. The SMILES string of the molecule is CN(CCC(=O)O)C(=O)NC1CC(C)(C)c2ccccc21. The zero-order chi connectivity index (χ0) is 15.6. The third-order valence-electron chi connectivity index (χ3n) is 4.09. The molecule has 1 aromatic carbocycles. The predicted molar refractivity (Wildman–Crippen MR) is 80.2 cm³/mol. The maximum Gasteiger partial charge on any atom is 0.317 e. The minimum atomic E-state index is -0.901. The Morgan fingerprint density at radius 3 is 2.71 bits per heavy atom. The normalized spacial score (nSPS) is 18.9. The van der Waals surface area contributed by atoms with Gasteiger partial charge in [0.1, 0.15) is 0 Å². The number of fused-ring (bicyclic) bond motifs is 1. The van der Waals surface area contributed by atoms with Gasteiger partial charge in [0.15, 0.2) is 0 Å². The van der Waals surface area contributed by atoms with E-state index in [9.17, 15) is 9.59 Å². The lowest BCUT2D eigenvalue weighted by molar-refractivity contribution is -0.137. The number of hydrogen-bond acceptors (Lipinski definition) is 2. The van der Waals surface area contributed by atoms with E-state index >= 15 is 0 Å². The predicted octanol–water partition coefficient (Wildman–Crippen LogP) is 2.53. The molecule has 21 heavy (non-hydrogen) atoms. The number of nitrogens with one attached hydrogen (secondary N) is 1. The summed E-state index contributed by atoms with van der Waals surface area (Å²) in [6.45, 7) is 4.55. The van der Waals surface area contributed by atoms with Crippen LogP contribution in [0.25, 0.3) is 0 Å². The molecule has 2 amide bonds. The van der Waals surface area contributed by atoms with Crippen LogP contribution in [0.4, 0.5) is 4.79 Å². The Labute approximate surface area is 125 Å². The monoisotopic (exact) mass is 290 g/mol. The van der Waals surface area contributed by atoms with Crippen LogP contribution in [0, 0.1) is 0 Å². The summed E-state index contributed by atoms with van der Waals surface area (Å²) in [4.78, 5) is 24.1. The molecular formula is C16H22N2O3. The molecule has 1 atom stereocenters. The average molecular weight is 290 g/mol. The van der Waals surface area contributed by atoms with Gasteiger partial charge in [0.25, 0.3) is 0 Å². The molecule has 1 aromatic rings. The van der Waals surface area contributed by atoms with Crippen molar-refractivity contribution in [3.05, 3.63) is 35.4 Å². The van der Waals surface area contributed by atoms with Crippen LogP contribution < -0.4 is 5.32 Å². The molecule has 1 unspecified atom stereocenters. The molecule has 2 N–H and O–H groups in total. The lowest BCUT2D eigenvalue weighted by atomic mass is 9.86. The van der Waals surface area contributed by atoms with E-state index in [1.54, 1.807) is 7.05 Å². The fourth-order valence-electron chi connectivity index (χ4n) is 2.90. The van der Waals surface area contributed by atoms with E-state index in [1.165, 1.54) is 10.5 Å². The number of urea groups is 1. The molecule has 0 fully saturated rings. The molecule has 2 rings (SSSR count). The molecule has 0 aromatic heterocycles. The maximum atomic E-state index is 12.2. The van der Waals surface area contributed by atoms with Crippen molar-refractivity contribution in [2.75, 3.05) is 13.6 Å². The van der Waals surface area contributed by atoms with Crippen LogP contribution in [0.3, 0.4) is 0 Å². The topological polar surface area (TPSA) is 69.6 Å². The standard InChI is InChI=1S/C16H22N2O3/c1-16(2)10-13(11-6-4-5-7-12(11)16)17-15(21)18(3)9-8-14(19)20/h4-7,13H,8-10H2,1-3H3,(H,17,21)(H,19,20). The minimum Gasteiger partial charge on any atom is -0.481 e. The van der Waals surface area contributed by atoms with Gasteiger partial charge in [-0.3, -0.25) is 4.79 Å². The summed E-state index contributed by atoms with van der Waals surface area (Å²) in [5.74, 6) is -0.901. The summed E-state index contributed by atoms with van der Waals surface area (Å²) < 4.78 is 0. The van der Waals surface area contributed by atoms with Crippen LogP contribution in [0.5, 0.6) is 0 Å². The average Bonchev–Trinajstić information content (AvgIpc) is 2.68. The van der Waals surface area contributed by atoms with Crippen LogP contribution >= 0.6 is 0 Å². The van der Waals surface area contributed by atoms with Gasteiger partial charge in [-0.15, -0.1) is 0 Å². The van der Waals surface area contributed by atoms with Crippen molar-refractivity contribution in [1.82, 2.24) is 10.2 Å². The van der Waals surface area contributed by atoms with Gasteiger partial charge in [0, 0.05) is 13.6 Å². The number of nitrogens with zero attached hydrogens (tertiary/aromatic N) is 1. The van der Waals surface area contributed by atoms with Crippen LogP contribution in [-0.4, -0.2) is 35.6 Å². The summed E-state index contributed by atoms with van der Waals surface area (Å²) in [6.07, 6.45) is 0.807. The first-order valence-corrected chi connectivity index (χ1v) is 7.14. The van der Waals surface area contributed by atoms with E-state index in [1.807, 2.05) is 18.2 Å². The quantitative estimate of drug-likeness (QED) is 0.895. The van der Waals surface area contributed by atoms with Crippen molar-refractivity contribution >= 4 is 12.0 Å². The number of carbonyl (C=O) groups is 2. The number of rotatable bonds is 4. The van der Waals surface area contributed by atoms with Gasteiger partial charge in [0.05, 0.1) is 12.5 Å². The first-order valence-electron chi connectivity index (χ1n) is 7.14. The van der Waals surface area contributed by atoms with Gasteiger partial charge in [-0.05, 0) is 23.0 Å². The molecule has 5 heteroatoms. The minimum absolute atomic E-state index is 0.0176. The van der Waals surface area contributed by atoms with E-state index in [0.29, 0.717) is 0 Å². The fraction of sp³-hybridized carbons (Fsp3) is 0.500. The van der Waals surface area contributed by atoms with Crippen molar-refractivity contribution in [3.63, 3.8) is 0 Å². The van der Waals surface area contributed by atoms with Crippen molar-refractivity contribution in [1.29, 1.82) is 0 Å². The maximum absolute atomic E-state index is 12.2. The summed E-state index contributed by atoms with van der Waals surface area (Å²) in [5.41, 5.74) is 2.46. The van der Waals surface area contributed by atoms with Crippen molar-refractivity contribution in [3.8, 4) is 0 Å². The second-order valence-electron chi connectivity index (χ2n) is 6.24. The summed E-state index contributed by atoms with van der Waals surface area (Å²) in [6, 6.07) is 7.91. The van der Waals surface area contributed by atoms with E-state index in [-0.39, 0.29) is 30.5 Å². The number of amides is 2. The Hall–Kier alpha value is -2.04. The van der Waals surface area contributed by atoms with Gasteiger partial charge in [-0.1, -0.05) is 38.1 Å². The molecule has 1 aliphatic carbocycles. The van der Waals surface area contributed by atoms with Crippen molar-refractivity contribution in [2.45, 2.75) is 38.1 Å². The largest absolute Gasteiger partial charge is 0.481 e. The molecule has 0 bridgehead atoms. The van der Waals surface area contributed by atoms with E-state index in [4.69, 9.17) is 5.11 Å². The van der Waals surface area contributed by atoms with Crippen molar-refractivity contribution < 1.29 is 14.7 Å². The molecule has 0 aliphatic heterocycles. The zero-order valence-electron chi connectivity index (χ0n) is 12.7. The Morgan fingerprint density at radius 2 is 2.05 bits per heavy atom. The Morgan fingerprint density at radius 1 is 1.38 bits per heavy atom. The third kappa shape index (κ3) is 3.35. The van der Waals surface area contributed by atoms with Gasteiger partial charge in [-0.2, -0.15) is 0 Å². The first kappa shape index (κ1) is 15.4. The number of hydrogen-bond donors (Lipinski definition) is 2. The molecular weight excluding hydrogens is 268 g/mol. The Balaban J connectivity index is 2.04. The van der Waals surface area contributed by atoms with Gasteiger partial charge < -0.3 is 15.3 Å². The molecule has 0 radical (unpaired) electrons. The highest BCUT2D eigenvalue weighted by Crippen LogP contribution is 2.44. The second-order valence-corrected chi connectivity index (χ2v) is 6.24. The lowest BCUT2D eigenvalue weighted by Gasteiger charge is -2.22. The molecule has 1 aliphatic rings. The smallest absolute Gasteiger partial charge is 0.317 e. The summed E-state index contributed by atoms with van der Waals surface area (Å²) in [7, 11) is 1.62. The lowest BCUT2D eigenvalue weighted by Crippen LogP contribution is -2.40. The highest BCUT2D eigenvalue weighted by molar-refractivity contribution is 5.75. The third-order valence-corrected chi connectivity index (χ3v) is 4.09. The number of carboxylic acid groups (broad SMARTS) is 1. The molecule has 5 nitrogen and oxygen atoms in total. The molecule has 0 heterocycles. The van der Waals surface area contributed by atoms with Gasteiger partial charge in [0.2, 0.25) is 0 Å². The fourth-order valence-corrected chi connectivity index (χ4v) is 2.90. The number of benzene rings is 1. The molecule has 0 spiro atoms. The molecule has 0 saturated heterocycles. The Bertz CT molecular complexity index is 554. The second kappa shape index (κ2) is 5.76. The van der Waals surface area contributed by atoms with E-state index in [0.717, 1.165) is 12.0 Å². The van der Waals surface area contributed by atoms with Crippen LogP contribution in [0.15, 0.2) is 24.3 Å². The Kier molecular flexibility index (Phi) is 4.21. The van der Waals surface area contributed by atoms with Gasteiger partial charge in [-0.25, -0.2) is 4.79 Å². The molecule has 114 valence electrons. The summed E-state index contributed by atoms with van der Waals surface area (Å²) in [5, 5.41) is 11.7. The first-order chi connectivity index (χ1) is 9.81. The van der Waals surface area contributed by atoms with Crippen LogP contribution in [-0.2, 0) is 10.2 Å². The molecule has 0 saturated carbocycles. The zero-order valence-corrected chi connectivity index (χ0v) is 12.7. The van der Waals surface area contributed by atoms with Gasteiger partial charge >= 0.3 is 12.0 Å².